The summed E-state index contributed by atoms with van der Waals surface area (Å²) in [5.74, 6) is 3.09. The van der Waals surface area contributed by atoms with Crippen molar-refractivity contribution >= 4 is 0 Å². The van der Waals surface area contributed by atoms with Gasteiger partial charge in [0.1, 0.15) is 17.4 Å². The van der Waals surface area contributed by atoms with Crippen molar-refractivity contribution in [2.45, 2.75) is 70.5 Å². The van der Waals surface area contributed by atoms with E-state index in [0.717, 1.165) is 56.2 Å². The quantitative estimate of drug-likeness (QED) is 0.912. The molecule has 3 aliphatic rings. The number of rotatable bonds is 2. The van der Waals surface area contributed by atoms with Gasteiger partial charge in [0.05, 0.1) is 12.6 Å². The topological polar surface area (TPSA) is 52.0 Å². The Hall–Kier alpha value is -1.88. The van der Waals surface area contributed by atoms with E-state index < -0.39 is 0 Å². The number of hydrogen-bond donors (Lipinski definition) is 1. The first-order valence-corrected chi connectivity index (χ1v) is 9.74. The molecule has 132 valence electrons. The van der Waals surface area contributed by atoms with Crippen LogP contribution in [0.15, 0.2) is 12.1 Å². The van der Waals surface area contributed by atoms with E-state index in [1.165, 1.54) is 36.0 Å². The third-order valence-corrected chi connectivity index (χ3v) is 5.88. The summed E-state index contributed by atoms with van der Waals surface area (Å²) in [6, 6.07) is 5.36. The van der Waals surface area contributed by atoms with Gasteiger partial charge >= 0.3 is 0 Å². The Labute approximate surface area is 148 Å². The van der Waals surface area contributed by atoms with Crippen molar-refractivity contribution in [3.63, 3.8) is 0 Å². The van der Waals surface area contributed by atoms with Crippen LogP contribution in [-0.2, 0) is 19.4 Å². The summed E-state index contributed by atoms with van der Waals surface area (Å²) in [4.78, 5) is 4.69. The SMILES string of the molecule is Cc1nc2n(n1)CCCC2NC1CCCOc2cc3c(cc21)CCC3. The summed E-state index contributed by atoms with van der Waals surface area (Å²) in [7, 11) is 0. The average Bonchev–Trinajstić information content (AvgIpc) is 3.16. The van der Waals surface area contributed by atoms with Crippen LogP contribution in [0.5, 0.6) is 5.75 Å². The number of fused-ring (bicyclic) bond motifs is 3. The monoisotopic (exact) mass is 338 g/mol. The van der Waals surface area contributed by atoms with Crippen LogP contribution in [0.4, 0.5) is 0 Å². The fourth-order valence-corrected chi connectivity index (χ4v) is 4.69. The van der Waals surface area contributed by atoms with Gasteiger partial charge in [0.2, 0.25) is 0 Å². The number of ether oxygens (including phenoxy) is 1. The van der Waals surface area contributed by atoms with Gasteiger partial charge < -0.3 is 10.1 Å². The van der Waals surface area contributed by atoms with Crippen molar-refractivity contribution < 1.29 is 4.74 Å². The molecule has 2 unspecified atom stereocenters. The Morgan fingerprint density at radius 1 is 1.08 bits per heavy atom. The van der Waals surface area contributed by atoms with Gasteiger partial charge in [-0.25, -0.2) is 9.67 Å². The smallest absolute Gasteiger partial charge is 0.147 e. The molecule has 2 aliphatic heterocycles. The Morgan fingerprint density at radius 3 is 2.84 bits per heavy atom. The zero-order valence-electron chi connectivity index (χ0n) is 14.9. The van der Waals surface area contributed by atoms with Gasteiger partial charge in [-0.3, -0.25) is 0 Å². The summed E-state index contributed by atoms with van der Waals surface area (Å²) in [6.45, 7) is 3.80. The van der Waals surface area contributed by atoms with Crippen molar-refractivity contribution in [3.8, 4) is 5.75 Å². The number of aryl methyl sites for hydroxylation is 4. The number of aromatic nitrogens is 3. The largest absolute Gasteiger partial charge is 0.493 e. The number of nitrogens with zero attached hydrogens (tertiary/aromatic N) is 3. The minimum absolute atomic E-state index is 0.291. The molecule has 0 radical (unpaired) electrons. The van der Waals surface area contributed by atoms with Crippen molar-refractivity contribution in [2.75, 3.05) is 6.61 Å². The molecule has 1 aromatic heterocycles. The Balaban J connectivity index is 1.47. The van der Waals surface area contributed by atoms with Crippen molar-refractivity contribution in [1.29, 1.82) is 0 Å². The number of benzene rings is 1. The zero-order chi connectivity index (χ0) is 16.8. The van der Waals surface area contributed by atoms with Crippen molar-refractivity contribution in [1.82, 2.24) is 20.1 Å². The predicted molar refractivity (Wildman–Crippen MR) is 95.8 cm³/mol. The maximum Gasteiger partial charge on any atom is 0.147 e. The van der Waals surface area contributed by atoms with Gasteiger partial charge in [0.25, 0.3) is 0 Å². The molecule has 0 saturated carbocycles. The second-order valence-electron chi connectivity index (χ2n) is 7.66. The lowest BCUT2D eigenvalue weighted by molar-refractivity contribution is 0.308. The summed E-state index contributed by atoms with van der Waals surface area (Å²) in [5.41, 5.74) is 4.37. The lowest BCUT2D eigenvalue weighted by Crippen LogP contribution is -2.31. The Bertz CT molecular complexity index is 797. The van der Waals surface area contributed by atoms with Crippen LogP contribution < -0.4 is 10.1 Å². The molecule has 25 heavy (non-hydrogen) atoms. The molecule has 5 rings (SSSR count). The maximum absolute atomic E-state index is 6.09. The van der Waals surface area contributed by atoms with E-state index in [2.05, 4.69) is 27.2 Å². The lowest BCUT2D eigenvalue weighted by atomic mass is 9.95. The van der Waals surface area contributed by atoms with E-state index in [-0.39, 0.29) is 0 Å². The molecule has 2 aromatic rings. The molecule has 1 aromatic carbocycles. The fraction of sp³-hybridized carbons (Fsp3) is 0.600. The summed E-state index contributed by atoms with van der Waals surface area (Å²) in [5, 5.41) is 8.46. The van der Waals surface area contributed by atoms with Crippen LogP contribution in [0.2, 0.25) is 0 Å². The second-order valence-corrected chi connectivity index (χ2v) is 7.66. The minimum Gasteiger partial charge on any atom is -0.493 e. The first-order valence-electron chi connectivity index (χ1n) is 9.74. The van der Waals surface area contributed by atoms with Gasteiger partial charge in [0, 0.05) is 18.2 Å². The third kappa shape index (κ3) is 2.74. The van der Waals surface area contributed by atoms with Crippen LogP contribution in [0.1, 0.15) is 72.5 Å². The minimum atomic E-state index is 0.291. The van der Waals surface area contributed by atoms with E-state index in [1.54, 1.807) is 0 Å². The second kappa shape index (κ2) is 6.13. The molecule has 0 bridgehead atoms. The number of nitrogens with one attached hydrogen (secondary N) is 1. The number of hydrogen-bond acceptors (Lipinski definition) is 4. The molecule has 0 spiro atoms. The van der Waals surface area contributed by atoms with E-state index >= 15 is 0 Å². The van der Waals surface area contributed by atoms with Gasteiger partial charge in [-0.05, 0) is 69.1 Å². The zero-order valence-corrected chi connectivity index (χ0v) is 14.9. The standard InChI is InChI=1S/C20H26N4O/c1-13-21-20-18(7-3-9-24(20)23-13)22-17-8-4-10-25-19-12-15-6-2-5-14(15)11-16(17)19/h11-12,17-18,22H,2-10H2,1H3. The van der Waals surface area contributed by atoms with Crippen LogP contribution in [0.25, 0.3) is 0 Å². The highest BCUT2D eigenvalue weighted by Gasteiger charge is 2.29. The molecule has 0 saturated heterocycles. The van der Waals surface area contributed by atoms with Crippen LogP contribution in [0, 0.1) is 6.92 Å². The van der Waals surface area contributed by atoms with E-state index in [1.807, 2.05) is 6.92 Å². The van der Waals surface area contributed by atoms with E-state index in [4.69, 9.17) is 9.72 Å². The lowest BCUT2D eigenvalue weighted by Gasteiger charge is -2.28. The molecular formula is C20H26N4O. The van der Waals surface area contributed by atoms with Gasteiger partial charge in [-0.15, -0.1) is 0 Å². The first kappa shape index (κ1) is 15.4. The molecule has 0 fully saturated rings. The van der Waals surface area contributed by atoms with Gasteiger partial charge in [-0.1, -0.05) is 6.07 Å². The van der Waals surface area contributed by atoms with Gasteiger partial charge in [0.15, 0.2) is 0 Å². The molecule has 0 amide bonds. The van der Waals surface area contributed by atoms with Gasteiger partial charge in [-0.2, -0.15) is 5.10 Å². The third-order valence-electron chi connectivity index (χ3n) is 5.88. The average molecular weight is 338 g/mol. The molecule has 3 heterocycles. The molecular weight excluding hydrogens is 312 g/mol. The van der Waals surface area contributed by atoms with Crippen molar-refractivity contribution in [3.05, 3.63) is 40.5 Å². The van der Waals surface area contributed by atoms with Crippen LogP contribution >= 0.6 is 0 Å². The van der Waals surface area contributed by atoms with E-state index in [0.29, 0.717) is 12.1 Å². The highest BCUT2D eigenvalue weighted by atomic mass is 16.5. The molecule has 2 atom stereocenters. The van der Waals surface area contributed by atoms with Crippen LogP contribution in [-0.4, -0.2) is 21.4 Å². The first-order chi connectivity index (χ1) is 12.3. The normalized spacial score (nSPS) is 24.8. The fourth-order valence-electron chi connectivity index (χ4n) is 4.69. The van der Waals surface area contributed by atoms with E-state index in [9.17, 15) is 0 Å². The van der Waals surface area contributed by atoms with Crippen molar-refractivity contribution in [2.24, 2.45) is 0 Å². The Kier molecular flexibility index (Phi) is 3.77. The summed E-state index contributed by atoms with van der Waals surface area (Å²) in [6.07, 6.45) is 8.21. The molecule has 5 nitrogen and oxygen atoms in total. The summed E-state index contributed by atoms with van der Waals surface area (Å²) < 4.78 is 8.18. The van der Waals surface area contributed by atoms with Crippen LogP contribution in [0.3, 0.4) is 0 Å². The molecule has 5 heteroatoms. The highest BCUT2D eigenvalue weighted by Crippen LogP contribution is 2.38. The predicted octanol–water partition coefficient (Wildman–Crippen LogP) is 3.41. The Morgan fingerprint density at radius 2 is 1.92 bits per heavy atom. The summed E-state index contributed by atoms with van der Waals surface area (Å²) >= 11 is 0. The molecule has 1 aliphatic carbocycles. The molecule has 1 N–H and O–H groups in total. The maximum atomic E-state index is 6.09. The highest BCUT2D eigenvalue weighted by molar-refractivity contribution is 5.46.